The van der Waals surface area contributed by atoms with Gasteiger partial charge in [0.05, 0.1) is 7.11 Å². The molecule has 0 radical (unpaired) electrons. The van der Waals surface area contributed by atoms with E-state index >= 15 is 0 Å². The van der Waals surface area contributed by atoms with Crippen molar-refractivity contribution >= 4 is 22.4 Å². The van der Waals surface area contributed by atoms with Crippen LogP contribution in [0.5, 0.6) is 11.5 Å². The first-order valence-corrected chi connectivity index (χ1v) is 8.87. The summed E-state index contributed by atoms with van der Waals surface area (Å²) < 4.78 is 16.7. The van der Waals surface area contributed by atoms with Gasteiger partial charge in [0.25, 0.3) is 5.91 Å². The summed E-state index contributed by atoms with van der Waals surface area (Å²) in [5.41, 5.74) is 0.634. The fraction of sp³-hybridized carbons (Fsp3) is 0.0870. The molecule has 0 aliphatic rings. The van der Waals surface area contributed by atoms with Crippen LogP contribution in [-0.2, 0) is 6.61 Å². The molecule has 4 rings (SSSR count). The maximum Gasteiger partial charge on any atom is 0.291 e. The Labute approximate surface area is 162 Å². The van der Waals surface area contributed by atoms with E-state index in [1.54, 1.807) is 37.4 Å². The van der Waals surface area contributed by atoms with Crippen molar-refractivity contribution in [3.63, 3.8) is 0 Å². The van der Waals surface area contributed by atoms with Gasteiger partial charge in [-0.3, -0.25) is 4.79 Å². The third-order valence-corrected chi connectivity index (χ3v) is 4.33. The zero-order valence-electron chi connectivity index (χ0n) is 15.3. The molecule has 1 amide bonds. The Morgan fingerprint density at radius 2 is 1.79 bits per heavy atom. The first-order valence-electron chi connectivity index (χ1n) is 8.87. The largest absolute Gasteiger partial charge is 0.497 e. The number of carbonyl (C=O) groups is 1. The van der Waals surface area contributed by atoms with Gasteiger partial charge < -0.3 is 19.2 Å². The predicted octanol–water partition coefficient (Wildman–Crippen LogP) is 5.27. The SMILES string of the molecule is COc1cccc(NC(=O)c2ccc(COc3cccc4ccccc34)o2)c1. The lowest BCUT2D eigenvalue weighted by Gasteiger charge is -2.08. The highest BCUT2D eigenvalue weighted by atomic mass is 16.5. The van der Waals surface area contributed by atoms with Crippen molar-refractivity contribution < 1.29 is 18.7 Å². The molecule has 28 heavy (non-hydrogen) atoms. The first-order chi connectivity index (χ1) is 13.7. The van der Waals surface area contributed by atoms with Crippen LogP contribution < -0.4 is 14.8 Å². The van der Waals surface area contributed by atoms with E-state index < -0.39 is 0 Å². The molecule has 140 valence electrons. The average Bonchev–Trinajstić information content (AvgIpc) is 3.21. The van der Waals surface area contributed by atoms with E-state index in [-0.39, 0.29) is 18.3 Å². The Morgan fingerprint density at radius 1 is 0.964 bits per heavy atom. The third-order valence-electron chi connectivity index (χ3n) is 4.33. The minimum Gasteiger partial charge on any atom is -0.497 e. The van der Waals surface area contributed by atoms with Crippen LogP contribution in [0.15, 0.2) is 83.3 Å². The average molecular weight is 373 g/mol. The zero-order valence-corrected chi connectivity index (χ0v) is 15.3. The van der Waals surface area contributed by atoms with E-state index in [0.717, 1.165) is 16.5 Å². The van der Waals surface area contributed by atoms with Crippen LogP contribution >= 0.6 is 0 Å². The van der Waals surface area contributed by atoms with Gasteiger partial charge in [-0.1, -0.05) is 42.5 Å². The number of ether oxygens (including phenoxy) is 2. The molecule has 5 nitrogen and oxygen atoms in total. The van der Waals surface area contributed by atoms with Gasteiger partial charge in [0.1, 0.15) is 23.9 Å². The molecule has 0 bridgehead atoms. The van der Waals surface area contributed by atoms with Crippen LogP contribution in [0.25, 0.3) is 10.8 Å². The van der Waals surface area contributed by atoms with Gasteiger partial charge in [0, 0.05) is 17.1 Å². The molecule has 0 spiro atoms. The van der Waals surface area contributed by atoms with Crippen LogP contribution in [0.2, 0.25) is 0 Å². The standard InChI is InChI=1S/C23H19NO4/c1-26-18-9-5-8-17(14-18)24-23(25)22-13-12-19(28-22)15-27-21-11-4-7-16-6-2-3-10-20(16)21/h2-14H,15H2,1H3,(H,24,25). The molecular weight excluding hydrogens is 354 g/mol. The van der Waals surface area contributed by atoms with Crippen LogP contribution in [0.3, 0.4) is 0 Å². The number of furan rings is 1. The monoisotopic (exact) mass is 373 g/mol. The summed E-state index contributed by atoms with van der Waals surface area (Å²) in [4.78, 5) is 12.4. The smallest absolute Gasteiger partial charge is 0.291 e. The summed E-state index contributed by atoms with van der Waals surface area (Å²) in [6, 6.07) is 24.4. The van der Waals surface area contributed by atoms with Gasteiger partial charge in [-0.15, -0.1) is 0 Å². The molecule has 5 heteroatoms. The van der Waals surface area contributed by atoms with E-state index in [2.05, 4.69) is 5.32 Å². The van der Waals surface area contributed by atoms with Gasteiger partial charge in [-0.25, -0.2) is 0 Å². The minimum absolute atomic E-state index is 0.222. The number of nitrogens with one attached hydrogen (secondary N) is 1. The van der Waals surface area contributed by atoms with Gasteiger partial charge in [0.2, 0.25) is 0 Å². The molecule has 3 aromatic carbocycles. The molecule has 1 N–H and O–H groups in total. The van der Waals surface area contributed by atoms with Crippen LogP contribution in [0, 0.1) is 0 Å². The van der Waals surface area contributed by atoms with E-state index in [4.69, 9.17) is 13.9 Å². The molecule has 0 atom stereocenters. The van der Waals surface area contributed by atoms with Gasteiger partial charge >= 0.3 is 0 Å². The molecule has 0 saturated heterocycles. The lowest BCUT2D eigenvalue weighted by Crippen LogP contribution is -2.10. The molecule has 1 aromatic heterocycles. The Hall–Kier alpha value is -3.73. The highest BCUT2D eigenvalue weighted by Gasteiger charge is 2.12. The maximum atomic E-state index is 12.4. The number of benzene rings is 3. The Balaban J connectivity index is 1.43. The van der Waals surface area contributed by atoms with Gasteiger partial charge in [-0.2, -0.15) is 0 Å². The van der Waals surface area contributed by atoms with E-state index in [1.807, 2.05) is 48.5 Å². The van der Waals surface area contributed by atoms with Crippen molar-refractivity contribution in [2.45, 2.75) is 6.61 Å². The maximum absolute atomic E-state index is 12.4. The minimum atomic E-state index is -0.329. The van der Waals surface area contributed by atoms with Gasteiger partial charge in [-0.05, 0) is 35.7 Å². The van der Waals surface area contributed by atoms with E-state index in [9.17, 15) is 4.79 Å². The zero-order chi connectivity index (χ0) is 19.3. The number of anilines is 1. The molecule has 0 saturated carbocycles. The lowest BCUT2D eigenvalue weighted by atomic mass is 10.1. The molecule has 0 unspecified atom stereocenters. The number of amides is 1. The van der Waals surface area contributed by atoms with Crippen molar-refractivity contribution in [3.8, 4) is 11.5 Å². The molecule has 0 aliphatic heterocycles. The Bertz CT molecular complexity index is 1110. The summed E-state index contributed by atoms with van der Waals surface area (Å²) >= 11 is 0. The molecular formula is C23H19NO4. The van der Waals surface area contributed by atoms with Gasteiger partial charge in [0.15, 0.2) is 5.76 Å². The van der Waals surface area contributed by atoms with Crippen molar-refractivity contribution in [3.05, 3.63) is 90.4 Å². The van der Waals surface area contributed by atoms with Crippen LogP contribution in [0.1, 0.15) is 16.3 Å². The number of hydrogen-bond donors (Lipinski definition) is 1. The topological polar surface area (TPSA) is 60.7 Å². The summed E-state index contributed by atoms with van der Waals surface area (Å²) in [6.07, 6.45) is 0. The normalized spacial score (nSPS) is 10.6. The molecule has 0 fully saturated rings. The van der Waals surface area contributed by atoms with Crippen LogP contribution in [-0.4, -0.2) is 13.0 Å². The highest BCUT2D eigenvalue weighted by Crippen LogP contribution is 2.26. The van der Waals surface area contributed by atoms with E-state index in [1.165, 1.54) is 0 Å². The second kappa shape index (κ2) is 7.88. The lowest BCUT2D eigenvalue weighted by molar-refractivity contribution is 0.0992. The predicted molar refractivity (Wildman–Crippen MR) is 108 cm³/mol. The van der Waals surface area contributed by atoms with Crippen molar-refractivity contribution in [2.24, 2.45) is 0 Å². The summed E-state index contributed by atoms with van der Waals surface area (Å²) in [7, 11) is 1.58. The number of carbonyl (C=O) groups excluding carboxylic acids is 1. The van der Waals surface area contributed by atoms with E-state index in [0.29, 0.717) is 17.2 Å². The number of rotatable bonds is 6. The Morgan fingerprint density at radius 3 is 2.68 bits per heavy atom. The summed E-state index contributed by atoms with van der Waals surface area (Å²) in [6.45, 7) is 0.237. The third kappa shape index (κ3) is 3.83. The number of hydrogen-bond acceptors (Lipinski definition) is 4. The summed E-state index contributed by atoms with van der Waals surface area (Å²) in [5, 5.41) is 4.93. The highest BCUT2D eigenvalue weighted by molar-refractivity contribution is 6.02. The van der Waals surface area contributed by atoms with Crippen molar-refractivity contribution in [2.75, 3.05) is 12.4 Å². The van der Waals surface area contributed by atoms with Crippen molar-refractivity contribution in [1.29, 1.82) is 0 Å². The van der Waals surface area contributed by atoms with Crippen molar-refractivity contribution in [1.82, 2.24) is 0 Å². The molecule has 4 aromatic rings. The summed E-state index contributed by atoms with van der Waals surface area (Å²) in [5.74, 6) is 1.91. The number of methoxy groups -OCH3 is 1. The fourth-order valence-corrected chi connectivity index (χ4v) is 2.94. The Kier molecular flexibility index (Phi) is 4.97. The quantitative estimate of drug-likeness (QED) is 0.500. The number of fused-ring (bicyclic) bond motifs is 1. The second-order valence-corrected chi connectivity index (χ2v) is 6.22. The fourth-order valence-electron chi connectivity index (χ4n) is 2.94. The van der Waals surface area contributed by atoms with Crippen LogP contribution in [0.4, 0.5) is 5.69 Å². The molecule has 1 heterocycles. The molecule has 0 aliphatic carbocycles. The second-order valence-electron chi connectivity index (χ2n) is 6.22. The first kappa shape index (κ1) is 17.7.